The van der Waals surface area contributed by atoms with Crippen LogP contribution in [-0.2, 0) is 12.8 Å². The summed E-state index contributed by atoms with van der Waals surface area (Å²) in [6.45, 7) is 0. The first-order valence-corrected chi connectivity index (χ1v) is 7.50. The van der Waals surface area contributed by atoms with Crippen molar-refractivity contribution in [2.45, 2.75) is 25.3 Å². The number of imidazole rings is 1. The Bertz CT molecular complexity index is 943. The van der Waals surface area contributed by atoms with Crippen LogP contribution in [0.1, 0.15) is 28.0 Å². The predicted octanol–water partition coefficient (Wildman–Crippen LogP) is 0.933. The van der Waals surface area contributed by atoms with Gasteiger partial charge < -0.3 is 10.3 Å². The molecule has 2 aromatic heterocycles. The van der Waals surface area contributed by atoms with Crippen LogP contribution in [0.15, 0.2) is 35.4 Å². The largest absolute Gasteiger partial charge is 0.349 e. The van der Waals surface area contributed by atoms with Crippen LogP contribution in [0.25, 0.3) is 11.0 Å². The summed E-state index contributed by atoms with van der Waals surface area (Å²) in [5, 5.41) is 9.55. The topological polar surface area (TPSA) is 104 Å². The summed E-state index contributed by atoms with van der Waals surface area (Å²) < 4.78 is 0. The molecule has 0 fully saturated rings. The molecule has 0 bridgehead atoms. The molecule has 1 amide bonds. The lowest BCUT2D eigenvalue weighted by Gasteiger charge is -2.24. The number of rotatable bonds is 2. The van der Waals surface area contributed by atoms with Gasteiger partial charge in [-0.25, -0.2) is 10.1 Å². The van der Waals surface area contributed by atoms with Crippen LogP contribution in [-0.4, -0.2) is 32.1 Å². The summed E-state index contributed by atoms with van der Waals surface area (Å²) in [6.07, 6.45) is 3.79. The van der Waals surface area contributed by atoms with Crippen LogP contribution in [0, 0.1) is 0 Å². The molecule has 3 aromatic rings. The third kappa shape index (κ3) is 2.61. The quantitative estimate of drug-likeness (QED) is 0.655. The fourth-order valence-corrected chi connectivity index (χ4v) is 3.01. The lowest BCUT2D eigenvalue weighted by molar-refractivity contribution is 0.0933. The summed E-state index contributed by atoms with van der Waals surface area (Å²) >= 11 is 0. The van der Waals surface area contributed by atoms with Gasteiger partial charge in [0, 0.05) is 17.7 Å². The lowest BCUT2D eigenvalue weighted by atomic mass is 9.92. The number of aromatic amines is 2. The summed E-state index contributed by atoms with van der Waals surface area (Å²) in [5.74, 6) is -0.118. The smallest absolute Gasteiger partial charge is 0.264 e. The fraction of sp³-hybridized carbons (Fsp3) is 0.250. The summed E-state index contributed by atoms with van der Waals surface area (Å²) in [7, 11) is 0. The molecule has 1 aromatic carbocycles. The van der Waals surface area contributed by atoms with Crippen molar-refractivity contribution < 1.29 is 4.79 Å². The Morgan fingerprint density at radius 3 is 3.13 bits per heavy atom. The number of aryl methyl sites for hydroxylation is 1. The van der Waals surface area contributed by atoms with Gasteiger partial charge in [-0.15, -0.1) is 0 Å². The van der Waals surface area contributed by atoms with Crippen LogP contribution in [0.2, 0.25) is 0 Å². The normalized spacial score (nSPS) is 17.0. The molecular weight excluding hydrogens is 294 g/mol. The monoisotopic (exact) mass is 309 g/mol. The van der Waals surface area contributed by atoms with Gasteiger partial charge in [-0.05, 0) is 43.0 Å². The van der Waals surface area contributed by atoms with Gasteiger partial charge >= 0.3 is 0 Å². The van der Waals surface area contributed by atoms with Crippen molar-refractivity contribution in [3.05, 3.63) is 57.8 Å². The molecule has 2 heterocycles. The van der Waals surface area contributed by atoms with Crippen molar-refractivity contribution in [2.75, 3.05) is 0 Å². The molecule has 4 rings (SSSR count). The van der Waals surface area contributed by atoms with Crippen LogP contribution < -0.4 is 10.9 Å². The summed E-state index contributed by atoms with van der Waals surface area (Å²) in [6, 6.07) is 6.95. The Labute approximate surface area is 131 Å². The van der Waals surface area contributed by atoms with E-state index < -0.39 is 0 Å². The van der Waals surface area contributed by atoms with E-state index in [2.05, 4.69) is 25.5 Å². The van der Waals surface area contributed by atoms with E-state index in [-0.39, 0.29) is 17.5 Å². The number of fused-ring (bicyclic) bond motifs is 2. The van der Waals surface area contributed by atoms with Crippen molar-refractivity contribution in [3.63, 3.8) is 0 Å². The summed E-state index contributed by atoms with van der Waals surface area (Å²) in [5.41, 5.74) is 3.88. The predicted molar refractivity (Wildman–Crippen MR) is 84.2 cm³/mol. The zero-order valence-corrected chi connectivity index (χ0v) is 12.3. The highest BCUT2D eigenvalue weighted by Gasteiger charge is 2.22. The maximum Gasteiger partial charge on any atom is 0.264 e. The highest BCUT2D eigenvalue weighted by atomic mass is 16.1. The van der Waals surface area contributed by atoms with Crippen LogP contribution >= 0.6 is 0 Å². The minimum atomic E-state index is -0.208. The zero-order valence-electron chi connectivity index (χ0n) is 12.3. The SMILES string of the molecule is O=C(N[C@H]1CCc2n[nH]c(=O)cc2C1)c1ccc2nc[nH]c2c1. The second kappa shape index (κ2) is 5.35. The van der Waals surface area contributed by atoms with Gasteiger partial charge in [0.2, 0.25) is 0 Å². The molecule has 0 spiro atoms. The van der Waals surface area contributed by atoms with Gasteiger partial charge in [0.25, 0.3) is 11.5 Å². The number of carbonyl (C=O) groups is 1. The molecule has 0 unspecified atom stereocenters. The highest BCUT2D eigenvalue weighted by molar-refractivity contribution is 5.97. The number of hydrogen-bond acceptors (Lipinski definition) is 4. The third-order valence-corrected chi connectivity index (χ3v) is 4.19. The number of aromatic nitrogens is 4. The van der Waals surface area contributed by atoms with Crippen LogP contribution in [0.5, 0.6) is 0 Å². The van der Waals surface area contributed by atoms with E-state index in [0.717, 1.165) is 35.1 Å². The first kappa shape index (κ1) is 13.7. The molecule has 0 saturated carbocycles. The molecule has 1 atom stereocenters. The van der Waals surface area contributed by atoms with Gasteiger partial charge in [0.05, 0.1) is 23.1 Å². The fourth-order valence-electron chi connectivity index (χ4n) is 3.01. The standard InChI is InChI=1S/C16H15N5O2/c22-15-7-10-5-11(2-4-12(10)20-21-15)19-16(23)9-1-3-13-14(6-9)18-8-17-13/h1,3,6-8,11H,2,4-5H2,(H,17,18)(H,19,23)(H,21,22)/t11-/m0/s1. The van der Waals surface area contributed by atoms with E-state index in [4.69, 9.17) is 0 Å². The number of amides is 1. The minimum absolute atomic E-state index is 0.0102. The maximum atomic E-state index is 12.4. The average Bonchev–Trinajstić information content (AvgIpc) is 3.02. The van der Waals surface area contributed by atoms with Crippen LogP contribution in [0.4, 0.5) is 0 Å². The molecule has 23 heavy (non-hydrogen) atoms. The van der Waals surface area contributed by atoms with Gasteiger partial charge in [-0.1, -0.05) is 0 Å². The molecule has 3 N–H and O–H groups in total. The van der Waals surface area contributed by atoms with E-state index in [0.29, 0.717) is 12.0 Å². The number of hydrogen-bond donors (Lipinski definition) is 3. The average molecular weight is 309 g/mol. The molecule has 1 aliphatic carbocycles. The summed E-state index contributed by atoms with van der Waals surface area (Å²) in [4.78, 5) is 30.9. The Morgan fingerprint density at radius 1 is 1.30 bits per heavy atom. The lowest BCUT2D eigenvalue weighted by Crippen LogP contribution is -2.39. The zero-order chi connectivity index (χ0) is 15.8. The Hall–Kier alpha value is -2.96. The number of nitrogens with zero attached hydrogens (tertiary/aromatic N) is 2. The Balaban J connectivity index is 1.51. The Kier molecular flexibility index (Phi) is 3.18. The second-order valence-electron chi connectivity index (χ2n) is 5.75. The first-order valence-electron chi connectivity index (χ1n) is 7.50. The third-order valence-electron chi connectivity index (χ3n) is 4.19. The molecule has 116 valence electrons. The van der Waals surface area contributed by atoms with Crippen molar-refractivity contribution >= 4 is 16.9 Å². The number of nitrogens with one attached hydrogen (secondary N) is 3. The molecule has 7 nitrogen and oxygen atoms in total. The van der Waals surface area contributed by atoms with Gasteiger partial charge in [0.15, 0.2) is 0 Å². The van der Waals surface area contributed by atoms with Crippen molar-refractivity contribution in [3.8, 4) is 0 Å². The Morgan fingerprint density at radius 2 is 2.22 bits per heavy atom. The van der Waals surface area contributed by atoms with E-state index in [1.54, 1.807) is 24.5 Å². The molecular formula is C16H15N5O2. The molecule has 0 saturated heterocycles. The van der Waals surface area contributed by atoms with Crippen LogP contribution in [0.3, 0.4) is 0 Å². The molecule has 0 aliphatic heterocycles. The number of carbonyl (C=O) groups excluding carboxylic acids is 1. The van der Waals surface area contributed by atoms with Crippen molar-refractivity contribution in [2.24, 2.45) is 0 Å². The van der Waals surface area contributed by atoms with E-state index in [9.17, 15) is 9.59 Å². The van der Waals surface area contributed by atoms with E-state index >= 15 is 0 Å². The molecule has 0 radical (unpaired) electrons. The molecule has 1 aliphatic rings. The van der Waals surface area contributed by atoms with Crippen molar-refractivity contribution in [1.29, 1.82) is 0 Å². The minimum Gasteiger partial charge on any atom is -0.349 e. The van der Waals surface area contributed by atoms with Gasteiger partial charge in [-0.3, -0.25) is 9.59 Å². The maximum absolute atomic E-state index is 12.4. The van der Waals surface area contributed by atoms with Crippen molar-refractivity contribution in [1.82, 2.24) is 25.5 Å². The first-order chi connectivity index (χ1) is 11.2. The highest BCUT2D eigenvalue weighted by Crippen LogP contribution is 2.18. The molecule has 7 heteroatoms. The van der Waals surface area contributed by atoms with Gasteiger partial charge in [0.1, 0.15) is 0 Å². The van der Waals surface area contributed by atoms with E-state index in [1.165, 1.54) is 0 Å². The number of H-pyrrole nitrogens is 2. The second-order valence-corrected chi connectivity index (χ2v) is 5.75. The van der Waals surface area contributed by atoms with E-state index in [1.807, 2.05) is 6.07 Å². The van der Waals surface area contributed by atoms with Gasteiger partial charge in [-0.2, -0.15) is 5.10 Å². The number of benzene rings is 1.